The number of halogens is 1. The van der Waals surface area contributed by atoms with Crippen molar-refractivity contribution in [1.29, 1.82) is 0 Å². The Kier molecular flexibility index (Phi) is 5.06. The van der Waals surface area contributed by atoms with E-state index in [1.54, 1.807) is 42.5 Å². The van der Waals surface area contributed by atoms with Gasteiger partial charge in [0.2, 0.25) is 5.88 Å². The number of hydrogen-bond donors (Lipinski definition) is 0. The van der Waals surface area contributed by atoms with Gasteiger partial charge >= 0.3 is 0 Å². The summed E-state index contributed by atoms with van der Waals surface area (Å²) in [5.41, 5.74) is 2.97. The standard InChI is InChI=1S/C23H21FN2O2/c1-28-22-18(7-4-14-25-22)16-10-12-17(13-11-16)23(27)26-15-5-9-21(26)19-6-2-3-8-20(19)24/h2-4,6-8,10-14,21H,5,9,15H2,1H3/t21-/m1/s1. The Morgan fingerprint density at radius 2 is 1.89 bits per heavy atom. The average molecular weight is 376 g/mol. The minimum absolute atomic E-state index is 0.0737. The van der Waals surface area contributed by atoms with Crippen LogP contribution >= 0.6 is 0 Å². The lowest BCUT2D eigenvalue weighted by Crippen LogP contribution is -2.31. The van der Waals surface area contributed by atoms with Gasteiger partial charge in [-0.3, -0.25) is 4.79 Å². The molecule has 0 N–H and O–H groups in total. The van der Waals surface area contributed by atoms with Gasteiger partial charge in [0.15, 0.2) is 0 Å². The third-order valence-electron chi connectivity index (χ3n) is 5.19. The molecule has 4 nitrogen and oxygen atoms in total. The van der Waals surface area contributed by atoms with Gasteiger partial charge < -0.3 is 9.64 Å². The number of nitrogens with zero attached hydrogens (tertiary/aromatic N) is 2. The van der Waals surface area contributed by atoms with Gasteiger partial charge in [-0.15, -0.1) is 0 Å². The second-order valence-corrected chi connectivity index (χ2v) is 6.82. The van der Waals surface area contributed by atoms with Gasteiger partial charge in [-0.25, -0.2) is 9.37 Å². The molecule has 142 valence electrons. The molecule has 0 spiro atoms. The molecule has 0 saturated carbocycles. The van der Waals surface area contributed by atoms with Crippen molar-refractivity contribution >= 4 is 5.91 Å². The summed E-state index contributed by atoms with van der Waals surface area (Å²) in [5.74, 6) is 0.211. The van der Waals surface area contributed by atoms with Gasteiger partial charge in [0.1, 0.15) is 5.82 Å². The highest BCUT2D eigenvalue weighted by Crippen LogP contribution is 2.35. The molecule has 0 unspecified atom stereocenters. The third-order valence-corrected chi connectivity index (χ3v) is 5.19. The molecule has 2 aromatic carbocycles. The highest BCUT2D eigenvalue weighted by atomic mass is 19.1. The zero-order chi connectivity index (χ0) is 19.5. The number of pyridine rings is 1. The third kappa shape index (κ3) is 3.36. The van der Waals surface area contributed by atoms with Crippen molar-refractivity contribution in [3.63, 3.8) is 0 Å². The van der Waals surface area contributed by atoms with E-state index in [9.17, 15) is 9.18 Å². The summed E-state index contributed by atoms with van der Waals surface area (Å²) in [6, 6.07) is 17.7. The van der Waals surface area contributed by atoms with E-state index in [1.807, 2.05) is 30.3 Å². The summed E-state index contributed by atoms with van der Waals surface area (Å²) < 4.78 is 19.5. The number of rotatable bonds is 4. The monoisotopic (exact) mass is 376 g/mol. The topological polar surface area (TPSA) is 42.4 Å². The number of ether oxygens (including phenoxy) is 1. The largest absolute Gasteiger partial charge is 0.481 e. The number of carbonyl (C=O) groups is 1. The first-order valence-electron chi connectivity index (χ1n) is 9.34. The first kappa shape index (κ1) is 18.2. The second-order valence-electron chi connectivity index (χ2n) is 6.82. The predicted octanol–water partition coefficient (Wildman–Crippen LogP) is 4.87. The van der Waals surface area contributed by atoms with E-state index >= 15 is 0 Å². The maximum absolute atomic E-state index is 14.2. The van der Waals surface area contributed by atoms with E-state index < -0.39 is 0 Å². The zero-order valence-electron chi connectivity index (χ0n) is 15.6. The molecule has 1 atom stereocenters. The Labute approximate surface area is 163 Å². The van der Waals surface area contributed by atoms with E-state index in [0.717, 1.165) is 24.0 Å². The SMILES string of the molecule is COc1ncccc1-c1ccc(C(=O)N2CCC[C@@H]2c2ccccc2F)cc1. The summed E-state index contributed by atoms with van der Waals surface area (Å²) >= 11 is 0. The molecule has 0 aliphatic carbocycles. The number of likely N-dealkylation sites (tertiary alicyclic amines) is 1. The summed E-state index contributed by atoms with van der Waals surface area (Å²) in [6.45, 7) is 0.635. The lowest BCUT2D eigenvalue weighted by molar-refractivity contribution is 0.0733. The first-order valence-corrected chi connectivity index (χ1v) is 9.34. The summed E-state index contributed by atoms with van der Waals surface area (Å²) in [6.07, 6.45) is 3.32. The summed E-state index contributed by atoms with van der Waals surface area (Å²) in [4.78, 5) is 19.1. The molecule has 28 heavy (non-hydrogen) atoms. The van der Waals surface area contributed by atoms with Crippen LogP contribution in [0, 0.1) is 5.82 Å². The fourth-order valence-corrected chi connectivity index (χ4v) is 3.81. The van der Waals surface area contributed by atoms with E-state index in [-0.39, 0.29) is 17.8 Å². The van der Waals surface area contributed by atoms with Crippen LogP contribution in [0.4, 0.5) is 4.39 Å². The number of hydrogen-bond acceptors (Lipinski definition) is 3. The number of methoxy groups -OCH3 is 1. The van der Waals surface area contributed by atoms with Gasteiger partial charge in [0.25, 0.3) is 5.91 Å². The zero-order valence-corrected chi connectivity index (χ0v) is 15.6. The van der Waals surface area contributed by atoms with Crippen LogP contribution in [-0.2, 0) is 0 Å². The summed E-state index contributed by atoms with van der Waals surface area (Å²) in [7, 11) is 1.58. The summed E-state index contributed by atoms with van der Waals surface area (Å²) in [5, 5.41) is 0. The second kappa shape index (κ2) is 7.80. The molecule has 5 heteroatoms. The van der Waals surface area contributed by atoms with E-state index in [4.69, 9.17) is 4.74 Å². The number of aromatic nitrogens is 1. The van der Waals surface area contributed by atoms with Crippen LogP contribution in [0.15, 0.2) is 66.9 Å². The highest BCUT2D eigenvalue weighted by Gasteiger charge is 2.32. The molecule has 1 aliphatic rings. The quantitative estimate of drug-likeness (QED) is 0.652. The van der Waals surface area contributed by atoms with Crippen molar-refractivity contribution in [2.75, 3.05) is 13.7 Å². The van der Waals surface area contributed by atoms with Crippen molar-refractivity contribution in [2.45, 2.75) is 18.9 Å². The molecular weight excluding hydrogens is 355 g/mol. The van der Waals surface area contributed by atoms with Crippen LogP contribution in [0.1, 0.15) is 34.8 Å². The minimum atomic E-state index is -0.258. The highest BCUT2D eigenvalue weighted by molar-refractivity contribution is 5.95. The number of carbonyl (C=O) groups excluding carboxylic acids is 1. The van der Waals surface area contributed by atoms with Crippen molar-refractivity contribution in [3.8, 4) is 17.0 Å². The first-order chi connectivity index (χ1) is 13.7. The molecule has 4 rings (SSSR count). The van der Waals surface area contributed by atoms with E-state index in [0.29, 0.717) is 23.6 Å². The van der Waals surface area contributed by atoms with Crippen LogP contribution in [0.5, 0.6) is 5.88 Å². The Bertz CT molecular complexity index is 988. The van der Waals surface area contributed by atoms with Crippen molar-refractivity contribution in [1.82, 2.24) is 9.88 Å². The van der Waals surface area contributed by atoms with Crippen LogP contribution < -0.4 is 4.74 Å². The maximum Gasteiger partial charge on any atom is 0.254 e. The fraction of sp³-hybridized carbons (Fsp3) is 0.217. The van der Waals surface area contributed by atoms with E-state index in [1.165, 1.54) is 6.07 Å². The fourth-order valence-electron chi connectivity index (χ4n) is 3.81. The number of benzene rings is 2. The van der Waals surface area contributed by atoms with Crippen LogP contribution in [0.3, 0.4) is 0 Å². The van der Waals surface area contributed by atoms with E-state index in [2.05, 4.69) is 4.98 Å². The molecule has 1 aliphatic heterocycles. The predicted molar refractivity (Wildman–Crippen MR) is 106 cm³/mol. The molecular formula is C23H21FN2O2. The molecule has 0 radical (unpaired) electrons. The maximum atomic E-state index is 14.2. The Balaban J connectivity index is 1.59. The lowest BCUT2D eigenvalue weighted by atomic mass is 10.0. The van der Waals surface area contributed by atoms with Crippen LogP contribution in [0.25, 0.3) is 11.1 Å². The average Bonchev–Trinajstić information content (AvgIpc) is 3.23. The van der Waals surface area contributed by atoms with Gasteiger partial charge in [-0.2, -0.15) is 0 Å². The van der Waals surface area contributed by atoms with Crippen LogP contribution in [-0.4, -0.2) is 29.4 Å². The lowest BCUT2D eigenvalue weighted by Gasteiger charge is -2.25. The Hall–Kier alpha value is -3.21. The van der Waals surface area contributed by atoms with Gasteiger partial charge in [0.05, 0.1) is 13.2 Å². The number of amides is 1. The van der Waals surface area contributed by atoms with Crippen LogP contribution in [0.2, 0.25) is 0 Å². The smallest absolute Gasteiger partial charge is 0.254 e. The Morgan fingerprint density at radius 3 is 2.64 bits per heavy atom. The van der Waals surface area contributed by atoms with Gasteiger partial charge in [-0.1, -0.05) is 30.3 Å². The van der Waals surface area contributed by atoms with Gasteiger partial charge in [-0.05, 0) is 48.7 Å². The molecule has 0 bridgehead atoms. The molecule has 2 heterocycles. The molecule has 1 fully saturated rings. The van der Waals surface area contributed by atoms with Crippen molar-refractivity contribution < 1.29 is 13.9 Å². The van der Waals surface area contributed by atoms with Gasteiger partial charge in [0, 0.05) is 29.4 Å². The van der Waals surface area contributed by atoms with Crippen molar-refractivity contribution in [3.05, 3.63) is 83.8 Å². The molecule has 1 saturated heterocycles. The normalized spacial score (nSPS) is 16.2. The Morgan fingerprint density at radius 1 is 1.11 bits per heavy atom. The minimum Gasteiger partial charge on any atom is -0.481 e. The molecule has 3 aromatic rings. The van der Waals surface area contributed by atoms with Crippen molar-refractivity contribution in [2.24, 2.45) is 0 Å². The molecule has 1 amide bonds. The molecule has 1 aromatic heterocycles.